The molecule has 0 saturated carbocycles. The smallest absolute Gasteiger partial charge is 0.344 e. The van der Waals surface area contributed by atoms with Gasteiger partial charge in [-0.15, -0.1) is 0 Å². The van der Waals surface area contributed by atoms with E-state index in [4.69, 9.17) is 21.1 Å². The highest BCUT2D eigenvalue weighted by atomic mass is 35.5. The van der Waals surface area contributed by atoms with Crippen LogP contribution in [0.5, 0.6) is 5.75 Å². The van der Waals surface area contributed by atoms with Crippen LogP contribution in [0.15, 0.2) is 54.6 Å². The lowest BCUT2D eigenvalue weighted by Gasteiger charge is -2.24. The number of rotatable bonds is 7. The van der Waals surface area contributed by atoms with E-state index in [0.29, 0.717) is 11.1 Å². The Morgan fingerprint density at radius 1 is 1.00 bits per heavy atom. The maximum atomic E-state index is 14.6. The molecule has 4 nitrogen and oxygen atoms in total. The van der Waals surface area contributed by atoms with Crippen LogP contribution in [0, 0.1) is 17.5 Å². The van der Waals surface area contributed by atoms with Crippen LogP contribution in [-0.4, -0.2) is 26.2 Å². The van der Waals surface area contributed by atoms with Gasteiger partial charge in [0.2, 0.25) is 0 Å². The van der Waals surface area contributed by atoms with Crippen LogP contribution in [0.4, 0.5) is 24.5 Å². The van der Waals surface area contributed by atoms with Crippen molar-refractivity contribution in [2.24, 2.45) is 0 Å². The van der Waals surface area contributed by atoms with E-state index >= 15 is 0 Å². The second kappa shape index (κ2) is 9.75. The van der Waals surface area contributed by atoms with E-state index in [1.807, 2.05) is 0 Å². The van der Waals surface area contributed by atoms with Gasteiger partial charge >= 0.3 is 5.97 Å². The SMILES string of the molecule is CCOC(=O)COc1ccc(F)c(N(C)c2cc(-c3cccc(F)c3)ccc2F)c1Cl. The molecule has 3 aromatic rings. The van der Waals surface area contributed by atoms with Gasteiger partial charge in [0.1, 0.15) is 28.2 Å². The Bertz CT molecular complexity index is 1110. The first-order valence-electron chi connectivity index (χ1n) is 9.37. The molecular formula is C23H19ClF3NO3. The zero-order valence-electron chi connectivity index (χ0n) is 16.8. The molecule has 0 N–H and O–H groups in total. The molecule has 0 fully saturated rings. The third-order valence-corrected chi connectivity index (χ3v) is 4.85. The van der Waals surface area contributed by atoms with E-state index in [0.717, 1.165) is 6.07 Å². The van der Waals surface area contributed by atoms with Gasteiger partial charge in [-0.25, -0.2) is 18.0 Å². The molecule has 0 atom stereocenters. The molecule has 0 aromatic heterocycles. The number of carbonyl (C=O) groups excluding carboxylic acids is 1. The van der Waals surface area contributed by atoms with E-state index in [9.17, 15) is 18.0 Å². The average molecular weight is 450 g/mol. The lowest BCUT2D eigenvalue weighted by atomic mass is 10.0. The van der Waals surface area contributed by atoms with Crippen molar-refractivity contribution >= 4 is 28.9 Å². The minimum Gasteiger partial charge on any atom is -0.480 e. The predicted molar refractivity (Wildman–Crippen MR) is 113 cm³/mol. The summed E-state index contributed by atoms with van der Waals surface area (Å²) < 4.78 is 53.0. The molecule has 0 aliphatic rings. The van der Waals surface area contributed by atoms with Crippen molar-refractivity contribution in [3.63, 3.8) is 0 Å². The number of halogens is 4. The van der Waals surface area contributed by atoms with E-state index < -0.39 is 30.0 Å². The number of carbonyl (C=O) groups is 1. The number of nitrogens with zero attached hydrogens (tertiary/aromatic N) is 1. The Morgan fingerprint density at radius 3 is 2.42 bits per heavy atom. The fourth-order valence-electron chi connectivity index (χ4n) is 3.02. The molecule has 0 radical (unpaired) electrons. The van der Waals surface area contributed by atoms with Crippen LogP contribution in [0.25, 0.3) is 11.1 Å². The molecule has 162 valence electrons. The molecular weight excluding hydrogens is 431 g/mol. The summed E-state index contributed by atoms with van der Waals surface area (Å²) in [5.41, 5.74) is 0.949. The predicted octanol–water partition coefficient (Wildman–Crippen LogP) is 6.13. The van der Waals surface area contributed by atoms with Gasteiger partial charge in [-0.2, -0.15) is 0 Å². The monoisotopic (exact) mass is 449 g/mol. The Kier molecular flexibility index (Phi) is 7.07. The van der Waals surface area contributed by atoms with Gasteiger partial charge in [0.15, 0.2) is 6.61 Å². The summed E-state index contributed by atoms with van der Waals surface area (Å²) in [6.07, 6.45) is 0. The van der Waals surface area contributed by atoms with Crippen molar-refractivity contribution < 1.29 is 27.4 Å². The maximum absolute atomic E-state index is 14.6. The third kappa shape index (κ3) is 5.11. The number of benzene rings is 3. The lowest BCUT2D eigenvalue weighted by molar-refractivity contribution is -0.145. The van der Waals surface area contributed by atoms with Crippen LogP contribution < -0.4 is 9.64 Å². The molecule has 0 bridgehead atoms. The van der Waals surface area contributed by atoms with Crippen molar-refractivity contribution in [3.8, 4) is 16.9 Å². The number of esters is 1. The zero-order chi connectivity index (χ0) is 22.5. The number of hydrogen-bond acceptors (Lipinski definition) is 4. The first-order chi connectivity index (χ1) is 14.8. The summed E-state index contributed by atoms with van der Waals surface area (Å²) in [4.78, 5) is 12.8. The standard InChI is InChI=1S/C23H19ClF3NO3/c1-3-30-21(29)13-31-20-10-9-18(27)23(22(20)24)28(2)19-12-15(7-8-17(19)26)14-5-4-6-16(25)11-14/h4-12H,3,13H2,1-2H3. The van der Waals surface area contributed by atoms with Crippen molar-refractivity contribution in [1.82, 2.24) is 0 Å². The van der Waals surface area contributed by atoms with Crippen LogP contribution in [0.2, 0.25) is 5.02 Å². The molecule has 3 aromatic carbocycles. The quantitative estimate of drug-likeness (QED) is 0.406. The minimum atomic E-state index is -0.716. The molecule has 0 spiro atoms. The zero-order valence-corrected chi connectivity index (χ0v) is 17.6. The maximum Gasteiger partial charge on any atom is 0.344 e. The largest absolute Gasteiger partial charge is 0.480 e. The van der Waals surface area contributed by atoms with Gasteiger partial charge in [-0.3, -0.25) is 0 Å². The summed E-state index contributed by atoms with van der Waals surface area (Å²) >= 11 is 6.32. The Balaban J connectivity index is 1.97. The second-order valence-corrected chi connectivity index (χ2v) is 6.92. The highest BCUT2D eigenvalue weighted by molar-refractivity contribution is 6.35. The van der Waals surface area contributed by atoms with Gasteiger partial charge in [0.25, 0.3) is 0 Å². The van der Waals surface area contributed by atoms with Gasteiger partial charge in [-0.1, -0.05) is 29.8 Å². The Labute approximate surface area is 182 Å². The molecule has 0 amide bonds. The fourth-order valence-corrected chi connectivity index (χ4v) is 3.35. The van der Waals surface area contributed by atoms with Crippen LogP contribution in [0.1, 0.15) is 6.92 Å². The molecule has 31 heavy (non-hydrogen) atoms. The van der Waals surface area contributed by atoms with Gasteiger partial charge in [-0.05, 0) is 54.4 Å². The summed E-state index contributed by atoms with van der Waals surface area (Å²) in [5.74, 6) is -2.34. The van der Waals surface area contributed by atoms with Crippen LogP contribution in [-0.2, 0) is 9.53 Å². The minimum absolute atomic E-state index is 0.0186. The molecule has 3 rings (SSSR count). The normalized spacial score (nSPS) is 10.6. The summed E-state index contributed by atoms with van der Waals surface area (Å²) in [6.45, 7) is 1.43. The van der Waals surface area contributed by atoms with Gasteiger partial charge in [0, 0.05) is 7.05 Å². The van der Waals surface area contributed by atoms with E-state index in [1.165, 1.54) is 54.4 Å². The third-order valence-electron chi connectivity index (χ3n) is 4.48. The molecule has 0 heterocycles. The molecule has 0 saturated heterocycles. The van der Waals surface area contributed by atoms with Crippen molar-refractivity contribution in [2.75, 3.05) is 25.2 Å². The first-order valence-corrected chi connectivity index (χ1v) is 9.75. The molecule has 0 aliphatic carbocycles. The number of hydrogen-bond donors (Lipinski definition) is 0. The van der Waals surface area contributed by atoms with Crippen molar-refractivity contribution in [1.29, 1.82) is 0 Å². The average Bonchev–Trinajstić information content (AvgIpc) is 2.73. The molecule has 0 unspecified atom stereocenters. The summed E-state index contributed by atoms with van der Waals surface area (Å²) in [5, 5.41) is -0.137. The van der Waals surface area contributed by atoms with E-state index in [1.54, 1.807) is 13.0 Å². The van der Waals surface area contributed by atoms with Crippen molar-refractivity contribution in [2.45, 2.75) is 6.92 Å². The van der Waals surface area contributed by atoms with Crippen LogP contribution >= 0.6 is 11.6 Å². The highest BCUT2D eigenvalue weighted by Crippen LogP contribution is 2.41. The molecule has 0 aliphatic heterocycles. The van der Waals surface area contributed by atoms with Crippen molar-refractivity contribution in [3.05, 3.63) is 77.1 Å². The Morgan fingerprint density at radius 2 is 1.71 bits per heavy atom. The Hall–Kier alpha value is -3.19. The second-order valence-electron chi connectivity index (χ2n) is 6.54. The fraction of sp³-hybridized carbons (Fsp3) is 0.174. The number of anilines is 2. The highest BCUT2D eigenvalue weighted by Gasteiger charge is 2.21. The van der Waals surface area contributed by atoms with Gasteiger partial charge < -0.3 is 14.4 Å². The summed E-state index contributed by atoms with van der Waals surface area (Å²) in [7, 11) is 1.44. The van der Waals surface area contributed by atoms with E-state index in [2.05, 4.69) is 0 Å². The van der Waals surface area contributed by atoms with E-state index in [-0.39, 0.29) is 28.8 Å². The lowest BCUT2D eigenvalue weighted by Crippen LogP contribution is -2.16. The topological polar surface area (TPSA) is 38.8 Å². The molecule has 8 heteroatoms. The summed E-state index contributed by atoms with van der Waals surface area (Å²) in [6, 6.07) is 12.4. The first kappa shape index (κ1) is 22.5. The van der Waals surface area contributed by atoms with Gasteiger partial charge in [0.05, 0.1) is 18.0 Å². The van der Waals surface area contributed by atoms with Crippen LogP contribution in [0.3, 0.4) is 0 Å². The number of ether oxygens (including phenoxy) is 2.